The topological polar surface area (TPSA) is 52.6 Å². The van der Waals surface area contributed by atoms with Crippen LogP contribution in [0.4, 0.5) is 0 Å². The first-order chi connectivity index (χ1) is 15.1. The van der Waals surface area contributed by atoms with E-state index >= 15 is 0 Å². The van der Waals surface area contributed by atoms with E-state index in [1.807, 2.05) is 24.3 Å². The Labute approximate surface area is 198 Å². The SMILES string of the molecule is C=CC(=O)Oc1ccc(C(C)(C)c2ccc(OC(=O)C=C)c(C(C)(C)C)c2)cc1C(C)(C)C. The molecule has 33 heavy (non-hydrogen) atoms. The lowest BCUT2D eigenvalue weighted by Gasteiger charge is -2.31. The molecule has 4 heteroatoms. The Morgan fingerprint density at radius 2 is 1.00 bits per heavy atom. The van der Waals surface area contributed by atoms with Crippen molar-refractivity contribution in [2.75, 3.05) is 0 Å². The second-order valence-corrected chi connectivity index (χ2v) is 10.8. The predicted octanol–water partition coefficient (Wildman–Crippen LogP) is 6.79. The molecule has 0 aromatic heterocycles. The van der Waals surface area contributed by atoms with E-state index in [9.17, 15) is 9.59 Å². The molecule has 0 N–H and O–H groups in total. The number of carbonyl (C=O) groups is 2. The summed E-state index contributed by atoms with van der Waals surface area (Å²) in [6, 6.07) is 11.9. The first kappa shape index (κ1) is 26.1. The van der Waals surface area contributed by atoms with Gasteiger partial charge in [-0.15, -0.1) is 0 Å². The Morgan fingerprint density at radius 3 is 1.27 bits per heavy atom. The monoisotopic (exact) mass is 448 g/mol. The predicted molar refractivity (Wildman–Crippen MR) is 134 cm³/mol. The molecule has 0 saturated heterocycles. The molecule has 0 saturated carbocycles. The molecule has 2 rings (SSSR count). The Hall–Kier alpha value is -3.14. The highest BCUT2D eigenvalue weighted by Crippen LogP contribution is 2.41. The van der Waals surface area contributed by atoms with Gasteiger partial charge in [0.05, 0.1) is 0 Å². The normalized spacial score (nSPS) is 12.1. The van der Waals surface area contributed by atoms with Crippen molar-refractivity contribution in [3.05, 3.63) is 84.0 Å². The van der Waals surface area contributed by atoms with E-state index < -0.39 is 11.9 Å². The van der Waals surface area contributed by atoms with Crippen LogP contribution >= 0.6 is 0 Å². The van der Waals surface area contributed by atoms with Gasteiger partial charge < -0.3 is 9.47 Å². The summed E-state index contributed by atoms with van der Waals surface area (Å²) in [6.45, 7) is 23.8. The molecule has 0 unspecified atom stereocenters. The summed E-state index contributed by atoms with van der Waals surface area (Å²) in [7, 11) is 0. The quantitative estimate of drug-likeness (QED) is 0.277. The van der Waals surface area contributed by atoms with Crippen LogP contribution < -0.4 is 9.47 Å². The molecule has 0 amide bonds. The van der Waals surface area contributed by atoms with Crippen LogP contribution in [0.1, 0.15) is 77.6 Å². The van der Waals surface area contributed by atoms with Crippen molar-refractivity contribution in [3.8, 4) is 11.5 Å². The van der Waals surface area contributed by atoms with Gasteiger partial charge in [0, 0.05) is 28.7 Å². The standard InChI is InChI=1S/C29H36O4/c1-11-25(30)32-23-15-13-19(17-21(23)27(3,4)5)29(9,10)20-14-16-24(33-26(31)12-2)22(18-20)28(6,7)8/h11-18H,1-2H2,3-10H3. The molecule has 0 aliphatic carbocycles. The minimum absolute atomic E-state index is 0.234. The van der Waals surface area contributed by atoms with Crippen LogP contribution in [0, 0.1) is 0 Å². The number of hydrogen-bond acceptors (Lipinski definition) is 4. The number of esters is 2. The lowest BCUT2D eigenvalue weighted by atomic mass is 9.73. The minimum Gasteiger partial charge on any atom is -0.423 e. The van der Waals surface area contributed by atoms with Crippen LogP contribution in [0.15, 0.2) is 61.7 Å². The van der Waals surface area contributed by atoms with Crippen LogP contribution in [-0.2, 0) is 25.8 Å². The first-order valence-electron chi connectivity index (χ1n) is 11.1. The second-order valence-electron chi connectivity index (χ2n) is 10.8. The van der Waals surface area contributed by atoms with Gasteiger partial charge in [-0.3, -0.25) is 0 Å². The maximum Gasteiger partial charge on any atom is 0.335 e. The Kier molecular flexibility index (Phi) is 7.43. The average Bonchev–Trinajstić information content (AvgIpc) is 2.72. The third-order valence-electron chi connectivity index (χ3n) is 5.77. The Bertz CT molecular complexity index is 990. The van der Waals surface area contributed by atoms with Crippen molar-refractivity contribution in [1.82, 2.24) is 0 Å². The van der Waals surface area contributed by atoms with E-state index in [1.165, 1.54) is 12.2 Å². The smallest absolute Gasteiger partial charge is 0.335 e. The van der Waals surface area contributed by atoms with Crippen LogP contribution in [0.2, 0.25) is 0 Å². The van der Waals surface area contributed by atoms with Gasteiger partial charge in [-0.25, -0.2) is 9.59 Å². The van der Waals surface area contributed by atoms with Crippen LogP contribution in [0.25, 0.3) is 0 Å². The van der Waals surface area contributed by atoms with Crippen LogP contribution in [0.3, 0.4) is 0 Å². The zero-order valence-electron chi connectivity index (χ0n) is 21.2. The van der Waals surface area contributed by atoms with E-state index in [0.717, 1.165) is 22.3 Å². The largest absolute Gasteiger partial charge is 0.423 e. The summed E-state index contributed by atoms with van der Waals surface area (Å²) in [5.41, 5.74) is 3.22. The molecular weight excluding hydrogens is 412 g/mol. The van der Waals surface area contributed by atoms with Crippen molar-refractivity contribution < 1.29 is 19.1 Å². The zero-order valence-corrected chi connectivity index (χ0v) is 21.2. The summed E-state index contributed by atoms with van der Waals surface area (Å²) in [5.74, 6) is 0.113. The van der Waals surface area contributed by atoms with Gasteiger partial charge in [0.1, 0.15) is 11.5 Å². The number of hydrogen-bond donors (Lipinski definition) is 0. The van der Waals surface area contributed by atoms with Gasteiger partial charge in [-0.1, -0.05) is 92.8 Å². The van der Waals surface area contributed by atoms with Crippen molar-refractivity contribution in [2.45, 2.75) is 71.6 Å². The van der Waals surface area contributed by atoms with E-state index in [4.69, 9.17) is 9.47 Å². The molecule has 0 atom stereocenters. The molecular formula is C29H36O4. The molecule has 0 aliphatic rings. The minimum atomic E-state index is -0.480. The lowest BCUT2D eigenvalue weighted by Crippen LogP contribution is -2.23. The lowest BCUT2D eigenvalue weighted by molar-refractivity contribution is -0.129. The fourth-order valence-electron chi connectivity index (χ4n) is 3.65. The van der Waals surface area contributed by atoms with Crippen molar-refractivity contribution in [3.63, 3.8) is 0 Å². The maximum atomic E-state index is 11.8. The van der Waals surface area contributed by atoms with Gasteiger partial charge in [0.2, 0.25) is 0 Å². The number of benzene rings is 2. The molecule has 0 bridgehead atoms. The van der Waals surface area contributed by atoms with E-state index in [0.29, 0.717) is 11.5 Å². The Morgan fingerprint density at radius 1 is 0.667 bits per heavy atom. The highest BCUT2D eigenvalue weighted by atomic mass is 16.5. The molecule has 4 nitrogen and oxygen atoms in total. The summed E-state index contributed by atoms with van der Waals surface area (Å²) < 4.78 is 11.0. The summed E-state index contributed by atoms with van der Waals surface area (Å²) in [4.78, 5) is 23.7. The zero-order chi connectivity index (χ0) is 25.2. The van der Waals surface area contributed by atoms with Crippen LogP contribution in [-0.4, -0.2) is 11.9 Å². The van der Waals surface area contributed by atoms with Crippen LogP contribution in [0.5, 0.6) is 11.5 Å². The number of rotatable bonds is 6. The Balaban J connectivity index is 2.63. The molecule has 0 aliphatic heterocycles. The first-order valence-corrected chi connectivity index (χ1v) is 11.1. The summed E-state index contributed by atoms with van der Waals surface area (Å²) in [5, 5.41) is 0. The molecule has 0 fully saturated rings. The molecule has 0 heterocycles. The van der Waals surface area contributed by atoms with E-state index in [1.54, 1.807) is 0 Å². The van der Waals surface area contributed by atoms with Gasteiger partial charge in [0.25, 0.3) is 0 Å². The molecule has 2 aromatic rings. The molecule has 0 radical (unpaired) electrons. The van der Waals surface area contributed by atoms with Crippen molar-refractivity contribution >= 4 is 11.9 Å². The summed E-state index contributed by atoms with van der Waals surface area (Å²) >= 11 is 0. The highest BCUT2D eigenvalue weighted by molar-refractivity contribution is 5.84. The third-order valence-corrected chi connectivity index (χ3v) is 5.77. The van der Waals surface area contributed by atoms with E-state index in [2.05, 4.69) is 80.7 Å². The van der Waals surface area contributed by atoms with Gasteiger partial charge in [-0.2, -0.15) is 0 Å². The van der Waals surface area contributed by atoms with Crippen molar-refractivity contribution in [2.24, 2.45) is 0 Å². The van der Waals surface area contributed by atoms with Gasteiger partial charge >= 0.3 is 11.9 Å². The number of carbonyl (C=O) groups excluding carboxylic acids is 2. The van der Waals surface area contributed by atoms with Gasteiger partial charge in [-0.05, 0) is 34.1 Å². The fraction of sp³-hybridized carbons (Fsp3) is 0.379. The third kappa shape index (κ3) is 6.01. The highest BCUT2D eigenvalue weighted by Gasteiger charge is 2.30. The fourth-order valence-corrected chi connectivity index (χ4v) is 3.65. The number of ether oxygens (including phenoxy) is 2. The molecule has 176 valence electrons. The molecule has 0 spiro atoms. The second kappa shape index (κ2) is 9.38. The summed E-state index contributed by atoms with van der Waals surface area (Å²) in [6.07, 6.45) is 2.33. The van der Waals surface area contributed by atoms with Crippen molar-refractivity contribution in [1.29, 1.82) is 0 Å². The van der Waals surface area contributed by atoms with Gasteiger partial charge in [0.15, 0.2) is 0 Å². The maximum absolute atomic E-state index is 11.8. The average molecular weight is 449 g/mol. The molecule has 2 aromatic carbocycles. The van der Waals surface area contributed by atoms with E-state index in [-0.39, 0.29) is 16.2 Å².